The lowest BCUT2D eigenvalue weighted by molar-refractivity contribution is 0.412. The summed E-state index contributed by atoms with van der Waals surface area (Å²) in [5, 5.41) is 0. The fourth-order valence-corrected chi connectivity index (χ4v) is 2.87. The highest BCUT2D eigenvalue weighted by Gasteiger charge is 2.22. The summed E-state index contributed by atoms with van der Waals surface area (Å²) in [6, 6.07) is 16.6. The van der Waals surface area contributed by atoms with Crippen LogP contribution in [0.15, 0.2) is 61.2 Å². The molecule has 0 bridgehead atoms. The van der Waals surface area contributed by atoms with Crippen molar-refractivity contribution in [2.75, 3.05) is 14.2 Å². The monoisotopic (exact) mass is 296 g/mol. The molecule has 2 heteroatoms. The largest absolute Gasteiger partial charge is 0.497 e. The van der Waals surface area contributed by atoms with Crippen molar-refractivity contribution in [2.24, 2.45) is 5.92 Å². The SMILES string of the molecule is C=CC(CC)C(c1ccc(OC)cc1)c1cccc(OC)c1. The Labute approximate surface area is 133 Å². The van der Waals surface area contributed by atoms with Gasteiger partial charge in [0, 0.05) is 5.92 Å². The summed E-state index contributed by atoms with van der Waals surface area (Å²) in [4.78, 5) is 0. The van der Waals surface area contributed by atoms with Gasteiger partial charge in [-0.05, 0) is 47.7 Å². The van der Waals surface area contributed by atoms with Crippen LogP contribution in [0.1, 0.15) is 30.4 Å². The number of hydrogen-bond acceptors (Lipinski definition) is 2. The molecule has 0 saturated heterocycles. The first kappa shape index (κ1) is 16.2. The van der Waals surface area contributed by atoms with Crippen LogP contribution in [0.4, 0.5) is 0 Å². The van der Waals surface area contributed by atoms with E-state index in [1.807, 2.05) is 30.3 Å². The Morgan fingerprint density at radius 1 is 0.955 bits per heavy atom. The zero-order valence-electron chi connectivity index (χ0n) is 13.6. The molecular formula is C20H24O2. The van der Waals surface area contributed by atoms with E-state index in [2.05, 4.69) is 37.8 Å². The van der Waals surface area contributed by atoms with E-state index in [0.29, 0.717) is 5.92 Å². The van der Waals surface area contributed by atoms with Gasteiger partial charge in [0.15, 0.2) is 0 Å². The van der Waals surface area contributed by atoms with E-state index in [9.17, 15) is 0 Å². The Morgan fingerprint density at radius 3 is 2.18 bits per heavy atom. The van der Waals surface area contributed by atoms with Crippen LogP contribution < -0.4 is 9.47 Å². The Morgan fingerprint density at radius 2 is 1.64 bits per heavy atom. The lowest BCUT2D eigenvalue weighted by Crippen LogP contribution is -2.12. The molecule has 2 aromatic rings. The lowest BCUT2D eigenvalue weighted by atomic mass is 9.79. The molecule has 0 aromatic heterocycles. The van der Waals surface area contributed by atoms with Crippen molar-refractivity contribution < 1.29 is 9.47 Å². The van der Waals surface area contributed by atoms with Gasteiger partial charge < -0.3 is 9.47 Å². The van der Waals surface area contributed by atoms with E-state index < -0.39 is 0 Å². The smallest absolute Gasteiger partial charge is 0.119 e. The second-order valence-electron chi connectivity index (χ2n) is 5.34. The molecule has 2 nitrogen and oxygen atoms in total. The molecule has 2 unspecified atom stereocenters. The molecule has 2 aromatic carbocycles. The quantitative estimate of drug-likeness (QED) is 0.666. The average molecular weight is 296 g/mol. The molecule has 116 valence electrons. The molecule has 2 atom stereocenters. The van der Waals surface area contributed by atoms with Crippen molar-refractivity contribution in [1.82, 2.24) is 0 Å². The molecule has 0 N–H and O–H groups in total. The fourth-order valence-electron chi connectivity index (χ4n) is 2.87. The summed E-state index contributed by atoms with van der Waals surface area (Å²) in [7, 11) is 3.39. The van der Waals surface area contributed by atoms with Crippen LogP contribution in [-0.2, 0) is 0 Å². The lowest BCUT2D eigenvalue weighted by Gasteiger charge is -2.25. The Bertz CT molecular complexity index is 601. The van der Waals surface area contributed by atoms with E-state index in [1.54, 1.807) is 14.2 Å². The molecule has 2 rings (SSSR count). The summed E-state index contributed by atoms with van der Waals surface area (Å²) in [6.45, 7) is 6.22. The number of benzene rings is 2. The number of ether oxygens (including phenoxy) is 2. The predicted octanol–water partition coefficient (Wildman–Crippen LogP) is 5.05. The summed E-state index contributed by atoms with van der Waals surface area (Å²) >= 11 is 0. The highest BCUT2D eigenvalue weighted by atomic mass is 16.5. The molecule has 0 heterocycles. The van der Waals surface area contributed by atoms with Crippen LogP contribution in [0.5, 0.6) is 11.5 Å². The predicted molar refractivity (Wildman–Crippen MR) is 91.8 cm³/mol. The van der Waals surface area contributed by atoms with Crippen molar-refractivity contribution in [3.8, 4) is 11.5 Å². The van der Waals surface area contributed by atoms with Crippen molar-refractivity contribution in [3.05, 3.63) is 72.3 Å². The van der Waals surface area contributed by atoms with Crippen LogP contribution in [0.2, 0.25) is 0 Å². The minimum Gasteiger partial charge on any atom is -0.497 e. The molecular weight excluding hydrogens is 272 g/mol. The minimum absolute atomic E-state index is 0.267. The molecule has 0 fully saturated rings. The number of rotatable bonds is 7. The van der Waals surface area contributed by atoms with Gasteiger partial charge in [0.25, 0.3) is 0 Å². The van der Waals surface area contributed by atoms with E-state index in [0.717, 1.165) is 17.9 Å². The maximum Gasteiger partial charge on any atom is 0.119 e. The first-order valence-corrected chi connectivity index (χ1v) is 7.64. The van der Waals surface area contributed by atoms with E-state index in [1.165, 1.54) is 11.1 Å². The zero-order valence-corrected chi connectivity index (χ0v) is 13.6. The second kappa shape index (κ2) is 7.69. The molecule has 22 heavy (non-hydrogen) atoms. The van der Waals surface area contributed by atoms with E-state index >= 15 is 0 Å². The Balaban J connectivity index is 2.47. The van der Waals surface area contributed by atoms with Gasteiger partial charge in [-0.2, -0.15) is 0 Å². The van der Waals surface area contributed by atoms with Crippen molar-refractivity contribution in [3.63, 3.8) is 0 Å². The summed E-state index contributed by atoms with van der Waals surface area (Å²) in [5.41, 5.74) is 2.51. The van der Waals surface area contributed by atoms with Gasteiger partial charge in [0.1, 0.15) is 11.5 Å². The van der Waals surface area contributed by atoms with Crippen molar-refractivity contribution >= 4 is 0 Å². The van der Waals surface area contributed by atoms with Crippen LogP contribution >= 0.6 is 0 Å². The van der Waals surface area contributed by atoms with E-state index in [4.69, 9.17) is 9.47 Å². The number of allylic oxidation sites excluding steroid dienone is 1. The minimum atomic E-state index is 0.267. The molecule has 0 amide bonds. The van der Waals surface area contributed by atoms with Crippen LogP contribution in [0.25, 0.3) is 0 Å². The average Bonchev–Trinajstić information content (AvgIpc) is 2.59. The van der Waals surface area contributed by atoms with E-state index in [-0.39, 0.29) is 5.92 Å². The van der Waals surface area contributed by atoms with Gasteiger partial charge in [-0.15, -0.1) is 6.58 Å². The van der Waals surface area contributed by atoms with Crippen LogP contribution in [-0.4, -0.2) is 14.2 Å². The molecule has 0 saturated carbocycles. The maximum absolute atomic E-state index is 5.38. The molecule has 0 radical (unpaired) electrons. The highest BCUT2D eigenvalue weighted by molar-refractivity contribution is 5.40. The highest BCUT2D eigenvalue weighted by Crippen LogP contribution is 2.36. The maximum atomic E-state index is 5.38. The van der Waals surface area contributed by atoms with Gasteiger partial charge in [0.05, 0.1) is 14.2 Å². The van der Waals surface area contributed by atoms with Crippen molar-refractivity contribution in [1.29, 1.82) is 0 Å². The summed E-state index contributed by atoms with van der Waals surface area (Å²) in [6.07, 6.45) is 3.09. The third kappa shape index (κ3) is 3.51. The molecule has 0 aliphatic heterocycles. The molecule has 0 spiro atoms. The third-order valence-electron chi connectivity index (χ3n) is 4.13. The number of methoxy groups -OCH3 is 2. The topological polar surface area (TPSA) is 18.5 Å². The van der Waals surface area contributed by atoms with Crippen molar-refractivity contribution in [2.45, 2.75) is 19.3 Å². The first-order chi connectivity index (χ1) is 10.7. The Kier molecular flexibility index (Phi) is 5.65. The van der Waals surface area contributed by atoms with Crippen LogP contribution in [0, 0.1) is 5.92 Å². The third-order valence-corrected chi connectivity index (χ3v) is 4.13. The van der Waals surface area contributed by atoms with Gasteiger partial charge >= 0.3 is 0 Å². The van der Waals surface area contributed by atoms with Gasteiger partial charge in [-0.3, -0.25) is 0 Å². The summed E-state index contributed by atoms with van der Waals surface area (Å²) < 4.78 is 10.6. The fraction of sp³-hybridized carbons (Fsp3) is 0.300. The van der Waals surface area contributed by atoms with Gasteiger partial charge in [-0.1, -0.05) is 37.3 Å². The number of hydrogen-bond donors (Lipinski definition) is 0. The summed E-state index contributed by atoms with van der Waals surface area (Å²) in [5.74, 6) is 2.40. The zero-order chi connectivity index (χ0) is 15.9. The standard InChI is InChI=1S/C20H24O2/c1-5-15(6-2)20(16-10-12-18(21-3)13-11-16)17-8-7-9-19(14-17)22-4/h5,7-15,20H,1,6H2,2-4H3. The van der Waals surface area contributed by atoms with Gasteiger partial charge in [0.2, 0.25) is 0 Å². The first-order valence-electron chi connectivity index (χ1n) is 7.64. The van der Waals surface area contributed by atoms with Crippen LogP contribution in [0.3, 0.4) is 0 Å². The molecule has 0 aliphatic rings. The second-order valence-corrected chi connectivity index (χ2v) is 5.34. The van der Waals surface area contributed by atoms with Gasteiger partial charge in [-0.25, -0.2) is 0 Å². The Hall–Kier alpha value is -2.22. The normalized spacial score (nSPS) is 13.2. The molecule has 0 aliphatic carbocycles.